The summed E-state index contributed by atoms with van der Waals surface area (Å²) < 4.78 is 1.65. The summed E-state index contributed by atoms with van der Waals surface area (Å²) in [5.74, 6) is -0.730. The third kappa shape index (κ3) is 3.74. The number of benzene rings is 1. The molecule has 0 bridgehead atoms. The quantitative estimate of drug-likeness (QED) is 0.592. The molecule has 0 saturated carbocycles. The largest absolute Gasteiger partial charge is 0.507 e. The number of hydrogen-bond donors (Lipinski definition) is 3. The number of carbonyl (C=O) groups excluding carboxylic acids is 2. The Morgan fingerprint density at radius 3 is 2.37 bits per heavy atom. The van der Waals surface area contributed by atoms with Gasteiger partial charge in [-0.25, -0.2) is 4.98 Å². The third-order valence-electron chi connectivity index (χ3n) is 4.19. The topological polar surface area (TPSA) is 109 Å². The van der Waals surface area contributed by atoms with Crippen LogP contribution >= 0.6 is 0 Å². The number of carbonyl (C=O) groups is 2. The monoisotopic (exact) mass is 367 g/mol. The number of nitrogens with one attached hydrogen (secondary N) is 2. The Labute approximate surface area is 156 Å². The van der Waals surface area contributed by atoms with Crippen LogP contribution in [0.2, 0.25) is 0 Å². The van der Waals surface area contributed by atoms with E-state index in [1.54, 1.807) is 29.9 Å². The van der Waals surface area contributed by atoms with E-state index in [0.29, 0.717) is 11.2 Å². The Kier molecular flexibility index (Phi) is 5.07. The number of amides is 2. The molecule has 0 fully saturated rings. The zero-order valence-corrected chi connectivity index (χ0v) is 15.4. The Bertz CT molecular complexity index is 1030. The molecule has 0 radical (unpaired) electrons. The van der Waals surface area contributed by atoms with Crippen molar-refractivity contribution in [3.05, 3.63) is 52.8 Å². The summed E-state index contributed by atoms with van der Waals surface area (Å²) in [6, 6.07) is 8.02. The maximum atomic E-state index is 12.6. The van der Waals surface area contributed by atoms with Gasteiger partial charge < -0.3 is 15.7 Å². The standard InChI is InChI=1S/C19H21N5O3/c1-11-10-14(16-12(2)23-24(3)17(16)22-11)19(27)21-9-8-20-18(26)13-6-4-5-7-15(13)25/h4-7,10,25H,8-9H2,1-3H3,(H,20,26)(H,21,27). The summed E-state index contributed by atoms with van der Waals surface area (Å²) in [4.78, 5) is 29.1. The number of fused-ring (bicyclic) bond motifs is 1. The van der Waals surface area contributed by atoms with Crippen molar-refractivity contribution in [2.24, 2.45) is 7.05 Å². The minimum absolute atomic E-state index is 0.0826. The second-order valence-electron chi connectivity index (χ2n) is 6.25. The highest BCUT2D eigenvalue weighted by Crippen LogP contribution is 2.21. The molecule has 0 unspecified atom stereocenters. The van der Waals surface area contributed by atoms with Crippen LogP contribution < -0.4 is 10.6 Å². The van der Waals surface area contributed by atoms with E-state index in [9.17, 15) is 14.7 Å². The molecule has 0 aliphatic rings. The molecular formula is C19H21N5O3. The highest BCUT2D eigenvalue weighted by atomic mass is 16.3. The van der Waals surface area contributed by atoms with Gasteiger partial charge in [-0.2, -0.15) is 5.10 Å². The van der Waals surface area contributed by atoms with E-state index in [4.69, 9.17) is 0 Å². The number of phenolic OH excluding ortho intramolecular Hbond substituents is 1. The van der Waals surface area contributed by atoms with Gasteiger partial charge in [-0.05, 0) is 32.0 Å². The molecule has 0 aliphatic heterocycles. The van der Waals surface area contributed by atoms with Crippen molar-refractivity contribution < 1.29 is 14.7 Å². The minimum Gasteiger partial charge on any atom is -0.507 e. The first-order valence-corrected chi connectivity index (χ1v) is 8.54. The van der Waals surface area contributed by atoms with Crippen molar-refractivity contribution in [2.75, 3.05) is 13.1 Å². The lowest BCUT2D eigenvalue weighted by Crippen LogP contribution is -2.34. The van der Waals surface area contributed by atoms with E-state index in [1.807, 2.05) is 13.8 Å². The van der Waals surface area contributed by atoms with E-state index < -0.39 is 5.91 Å². The van der Waals surface area contributed by atoms with E-state index in [1.165, 1.54) is 12.1 Å². The Hall–Kier alpha value is -3.42. The van der Waals surface area contributed by atoms with Crippen LogP contribution in [0.1, 0.15) is 32.1 Å². The average Bonchev–Trinajstić information content (AvgIpc) is 2.92. The van der Waals surface area contributed by atoms with Gasteiger partial charge in [-0.1, -0.05) is 12.1 Å². The number of hydrogen-bond acceptors (Lipinski definition) is 5. The molecule has 2 heterocycles. The number of para-hydroxylation sites is 1. The van der Waals surface area contributed by atoms with Crippen LogP contribution in [0.15, 0.2) is 30.3 Å². The molecule has 0 saturated heterocycles. The predicted octanol–water partition coefficient (Wildman–Crippen LogP) is 1.45. The second kappa shape index (κ2) is 7.45. The molecule has 3 aromatic rings. The van der Waals surface area contributed by atoms with Gasteiger partial charge in [0.25, 0.3) is 11.8 Å². The molecule has 0 atom stereocenters. The van der Waals surface area contributed by atoms with E-state index in [0.717, 1.165) is 16.8 Å². The van der Waals surface area contributed by atoms with Gasteiger partial charge in [-0.15, -0.1) is 0 Å². The number of phenols is 1. The molecule has 8 nitrogen and oxygen atoms in total. The van der Waals surface area contributed by atoms with Crippen LogP contribution in [0.5, 0.6) is 5.75 Å². The van der Waals surface area contributed by atoms with Gasteiger partial charge >= 0.3 is 0 Å². The van der Waals surface area contributed by atoms with E-state index in [2.05, 4.69) is 20.7 Å². The fourth-order valence-electron chi connectivity index (χ4n) is 2.96. The molecule has 1 aromatic carbocycles. The number of aryl methyl sites for hydroxylation is 3. The molecule has 3 N–H and O–H groups in total. The van der Waals surface area contributed by atoms with E-state index in [-0.39, 0.29) is 30.3 Å². The molecule has 0 aliphatic carbocycles. The highest BCUT2D eigenvalue weighted by Gasteiger charge is 2.17. The summed E-state index contributed by atoms with van der Waals surface area (Å²) in [5, 5.41) is 20.2. The van der Waals surface area contributed by atoms with Crippen LogP contribution in [-0.4, -0.2) is 44.8 Å². The number of aromatic nitrogens is 3. The number of rotatable bonds is 5. The summed E-state index contributed by atoms with van der Waals surface area (Å²) in [6.45, 7) is 4.15. The minimum atomic E-state index is -0.396. The molecular weight excluding hydrogens is 346 g/mol. The van der Waals surface area contributed by atoms with Crippen LogP contribution in [0.25, 0.3) is 11.0 Å². The lowest BCUT2D eigenvalue weighted by Gasteiger charge is -2.09. The molecule has 3 rings (SSSR count). The maximum absolute atomic E-state index is 12.6. The number of aromatic hydroxyl groups is 1. The summed E-state index contributed by atoms with van der Waals surface area (Å²) in [5.41, 5.74) is 2.82. The zero-order valence-electron chi connectivity index (χ0n) is 15.4. The SMILES string of the molecule is Cc1cc(C(=O)NCCNC(=O)c2ccccc2O)c2c(C)nn(C)c2n1. The molecule has 2 aromatic heterocycles. The fourth-order valence-corrected chi connectivity index (χ4v) is 2.96. The van der Waals surface area contributed by atoms with Gasteiger partial charge in [0.2, 0.25) is 0 Å². The average molecular weight is 367 g/mol. The molecule has 0 spiro atoms. The number of nitrogens with zero attached hydrogens (tertiary/aromatic N) is 3. The maximum Gasteiger partial charge on any atom is 0.255 e. The first-order valence-electron chi connectivity index (χ1n) is 8.54. The van der Waals surface area contributed by atoms with Crippen molar-refractivity contribution in [3.63, 3.8) is 0 Å². The van der Waals surface area contributed by atoms with E-state index >= 15 is 0 Å². The first kappa shape index (κ1) is 18.4. The molecule has 140 valence electrons. The third-order valence-corrected chi connectivity index (χ3v) is 4.19. The molecule has 2 amide bonds. The van der Waals surface area contributed by atoms with Crippen LogP contribution in [-0.2, 0) is 7.05 Å². The fraction of sp³-hybridized carbons (Fsp3) is 0.263. The lowest BCUT2D eigenvalue weighted by molar-refractivity contribution is 0.0927. The smallest absolute Gasteiger partial charge is 0.255 e. The summed E-state index contributed by atoms with van der Waals surface area (Å²) in [6.07, 6.45) is 0. The van der Waals surface area contributed by atoms with Gasteiger partial charge in [0.1, 0.15) is 5.75 Å². The van der Waals surface area contributed by atoms with Crippen molar-refractivity contribution in [1.29, 1.82) is 0 Å². The lowest BCUT2D eigenvalue weighted by atomic mass is 10.1. The Morgan fingerprint density at radius 1 is 1.07 bits per heavy atom. The van der Waals surface area contributed by atoms with Crippen LogP contribution in [0.4, 0.5) is 0 Å². The normalized spacial score (nSPS) is 10.8. The second-order valence-corrected chi connectivity index (χ2v) is 6.25. The van der Waals surface area contributed by atoms with Crippen molar-refractivity contribution in [3.8, 4) is 5.75 Å². The van der Waals surface area contributed by atoms with Gasteiger partial charge in [0.15, 0.2) is 5.65 Å². The highest BCUT2D eigenvalue weighted by molar-refractivity contribution is 6.06. The molecule has 27 heavy (non-hydrogen) atoms. The van der Waals surface area contributed by atoms with Crippen LogP contribution in [0.3, 0.4) is 0 Å². The Balaban J connectivity index is 1.64. The summed E-state index contributed by atoms with van der Waals surface area (Å²) in [7, 11) is 1.79. The predicted molar refractivity (Wildman–Crippen MR) is 101 cm³/mol. The van der Waals surface area contributed by atoms with Gasteiger partial charge in [0.05, 0.1) is 22.2 Å². The Morgan fingerprint density at radius 2 is 1.70 bits per heavy atom. The zero-order chi connectivity index (χ0) is 19.6. The van der Waals surface area contributed by atoms with Gasteiger partial charge in [-0.3, -0.25) is 14.3 Å². The first-order chi connectivity index (χ1) is 12.9. The summed E-state index contributed by atoms with van der Waals surface area (Å²) >= 11 is 0. The van der Waals surface area contributed by atoms with Crippen molar-refractivity contribution in [2.45, 2.75) is 13.8 Å². The van der Waals surface area contributed by atoms with Crippen molar-refractivity contribution >= 4 is 22.8 Å². The van der Waals surface area contributed by atoms with Gasteiger partial charge in [0, 0.05) is 25.8 Å². The molecule has 8 heteroatoms. The number of pyridine rings is 1. The van der Waals surface area contributed by atoms with Crippen LogP contribution in [0, 0.1) is 13.8 Å². The van der Waals surface area contributed by atoms with Crippen molar-refractivity contribution in [1.82, 2.24) is 25.4 Å².